The molecule has 3 rings (SSSR count). The molecule has 0 radical (unpaired) electrons. The Balaban J connectivity index is 1.78. The molecule has 2 aliphatic rings. The first kappa shape index (κ1) is 11.3. The van der Waals surface area contributed by atoms with Gasteiger partial charge in [-0.2, -0.15) is 0 Å². The van der Waals surface area contributed by atoms with E-state index in [2.05, 4.69) is 38.1 Å². The minimum absolute atomic E-state index is 0.883. The molecule has 0 heteroatoms. The summed E-state index contributed by atoms with van der Waals surface area (Å²) in [4.78, 5) is 0. The molecule has 0 spiro atoms. The molecule has 1 aromatic rings. The Labute approximate surface area is 105 Å². The van der Waals surface area contributed by atoms with E-state index in [1.165, 1.54) is 32.1 Å². The van der Waals surface area contributed by atoms with Crippen LogP contribution in [0.15, 0.2) is 24.3 Å². The molecule has 0 nitrogen and oxygen atoms in total. The molecule has 3 atom stereocenters. The Bertz CT molecular complexity index is 391. The fraction of sp³-hybridized carbons (Fsp3) is 0.647. The minimum Gasteiger partial charge on any atom is -0.0625 e. The zero-order valence-electron chi connectivity index (χ0n) is 11.2. The van der Waals surface area contributed by atoms with E-state index in [1.807, 2.05) is 0 Å². The van der Waals surface area contributed by atoms with E-state index >= 15 is 0 Å². The largest absolute Gasteiger partial charge is 0.0625 e. The van der Waals surface area contributed by atoms with Gasteiger partial charge in [0.25, 0.3) is 0 Å². The summed E-state index contributed by atoms with van der Waals surface area (Å²) in [6.07, 6.45) is 7.13. The van der Waals surface area contributed by atoms with Gasteiger partial charge in [-0.05, 0) is 66.9 Å². The first-order chi connectivity index (χ1) is 8.24. The molecule has 0 amide bonds. The Morgan fingerprint density at radius 3 is 2.24 bits per heavy atom. The van der Waals surface area contributed by atoms with E-state index in [9.17, 15) is 0 Å². The quantitative estimate of drug-likeness (QED) is 0.665. The van der Waals surface area contributed by atoms with Crippen LogP contribution in [0.4, 0.5) is 0 Å². The van der Waals surface area contributed by atoms with Crippen molar-refractivity contribution >= 4 is 0 Å². The molecule has 17 heavy (non-hydrogen) atoms. The van der Waals surface area contributed by atoms with Gasteiger partial charge in [-0.1, -0.05) is 38.1 Å². The SMILES string of the molecule is CC(C)C1CCC2Cc3ccccc3CC2C1. The van der Waals surface area contributed by atoms with Crippen LogP contribution in [0.5, 0.6) is 0 Å². The number of benzene rings is 1. The van der Waals surface area contributed by atoms with Gasteiger partial charge in [0.2, 0.25) is 0 Å². The molecule has 1 aromatic carbocycles. The van der Waals surface area contributed by atoms with Crippen LogP contribution < -0.4 is 0 Å². The summed E-state index contributed by atoms with van der Waals surface area (Å²) in [6.45, 7) is 4.81. The highest BCUT2D eigenvalue weighted by atomic mass is 14.4. The first-order valence-electron chi connectivity index (χ1n) is 7.31. The molecule has 1 saturated carbocycles. The highest BCUT2D eigenvalue weighted by Gasteiger charge is 2.34. The van der Waals surface area contributed by atoms with Crippen LogP contribution in [-0.4, -0.2) is 0 Å². The fourth-order valence-electron chi connectivity index (χ4n) is 4.01. The van der Waals surface area contributed by atoms with Crippen molar-refractivity contribution in [2.75, 3.05) is 0 Å². The van der Waals surface area contributed by atoms with E-state index < -0.39 is 0 Å². The standard InChI is InChI=1S/C17H24/c1-12(2)13-7-8-16-10-14-5-3-4-6-15(14)11-17(16)9-13/h3-6,12-13,16-17H,7-11H2,1-2H3. The maximum Gasteiger partial charge on any atom is -0.0245 e. The summed E-state index contributed by atoms with van der Waals surface area (Å²) >= 11 is 0. The van der Waals surface area contributed by atoms with Gasteiger partial charge < -0.3 is 0 Å². The third-order valence-corrected chi connectivity index (χ3v) is 5.21. The van der Waals surface area contributed by atoms with Crippen LogP contribution in [0.25, 0.3) is 0 Å². The summed E-state index contributed by atoms with van der Waals surface area (Å²) in [5.74, 6) is 3.83. The van der Waals surface area contributed by atoms with E-state index in [1.54, 1.807) is 11.1 Å². The molecule has 0 N–H and O–H groups in total. The van der Waals surface area contributed by atoms with E-state index in [-0.39, 0.29) is 0 Å². The molecule has 1 fully saturated rings. The average Bonchev–Trinajstić information content (AvgIpc) is 2.35. The zero-order valence-corrected chi connectivity index (χ0v) is 11.2. The molecular weight excluding hydrogens is 204 g/mol. The Hall–Kier alpha value is -0.780. The van der Waals surface area contributed by atoms with Crippen LogP contribution in [0, 0.1) is 23.7 Å². The van der Waals surface area contributed by atoms with Crippen LogP contribution in [-0.2, 0) is 12.8 Å². The lowest BCUT2D eigenvalue weighted by molar-refractivity contribution is 0.138. The van der Waals surface area contributed by atoms with Crippen molar-refractivity contribution < 1.29 is 0 Å². The first-order valence-corrected chi connectivity index (χ1v) is 7.31. The highest BCUT2D eigenvalue weighted by molar-refractivity contribution is 5.30. The molecule has 2 aliphatic carbocycles. The topological polar surface area (TPSA) is 0 Å². The van der Waals surface area contributed by atoms with Crippen molar-refractivity contribution in [3.63, 3.8) is 0 Å². The lowest BCUT2D eigenvalue weighted by atomic mass is 9.64. The third-order valence-electron chi connectivity index (χ3n) is 5.21. The van der Waals surface area contributed by atoms with Crippen LogP contribution in [0.1, 0.15) is 44.2 Å². The molecule has 0 bridgehead atoms. The van der Waals surface area contributed by atoms with Crippen molar-refractivity contribution in [3.05, 3.63) is 35.4 Å². The van der Waals surface area contributed by atoms with Crippen molar-refractivity contribution in [1.29, 1.82) is 0 Å². The molecule has 0 heterocycles. The third kappa shape index (κ3) is 2.14. The summed E-state index contributed by atoms with van der Waals surface area (Å²) in [6, 6.07) is 9.12. The highest BCUT2D eigenvalue weighted by Crippen LogP contribution is 2.43. The van der Waals surface area contributed by atoms with Gasteiger partial charge in [0.15, 0.2) is 0 Å². The van der Waals surface area contributed by atoms with Crippen LogP contribution in [0.3, 0.4) is 0 Å². The fourth-order valence-corrected chi connectivity index (χ4v) is 4.01. The second kappa shape index (κ2) is 4.48. The van der Waals surface area contributed by atoms with Crippen molar-refractivity contribution in [2.24, 2.45) is 23.7 Å². The molecule has 92 valence electrons. The monoisotopic (exact) mass is 228 g/mol. The smallest absolute Gasteiger partial charge is 0.0245 e. The molecule has 0 saturated heterocycles. The average molecular weight is 228 g/mol. The van der Waals surface area contributed by atoms with Crippen LogP contribution in [0.2, 0.25) is 0 Å². The van der Waals surface area contributed by atoms with Gasteiger partial charge in [-0.15, -0.1) is 0 Å². The molecule has 0 aliphatic heterocycles. The zero-order chi connectivity index (χ0) is 11.8. The van der Waals surface area contributed by atoms with E-state index in [0.29, 0.717) is 0 Å². The molecule has 3 unspecified atom stereocenters. The summed E-state index contributed by atoms with van der Waals surface area (Å²) in [5.41, 5.74) is 3.27. The van der Waals surface area contributed by atoms with Crippen molar-refractivity contribution in [3.8, 4) is 0 Å². The molecule has 0 aromatic heterocycles. The number of hydrogen-bond donors (Lipinski definition) is 0. The summed E-state index contributed by atoms with van der Waals surface area (Å²) in [5, 5.41) is 0. The van der Waals surface area contributed by atoms with Gasteiger partial charge in [0.05, 0.1) is 0 Å². The Morgan fingerprint density at radius 1 is 0.941 bits per heavy atom. The number of rotatable bonds is 1. The number of hydrogen-bond acceptors (Lipinski definition) is 0. The predicted molar refractivity (Wildman–Crippen MR) is 73.0 cm³/mol. The van der Waals surface area contributed by atoms with Gasteiger partial charge in [0.1, 0.15) is 0 Å². The van der Waals surface area contributed by atoms with E-state index in [0.717, 1.165) is 23.7 Å². The second-order valence-electron chi connectivity index (χ2n) is 6.51. The van der Waals surface area contributed by atoms with Gasteiger partial charge >= 0.3 is 0 Å². The Kier molecular flexibility index (Phi) is 2.98. The molecular formula is C17H24. The van der Waals surface area contributed by atoms with Gasteiger partial charge in [0, 0.05) is 0 Å². The number of fused-ring (bicyclic) bond motifs is 2. The van der Waals surface area contributed by atoms with Gasteiger partial charge in [-0.3, -0.25) is 0 Å². The maximum atomic E-state index is 2.40. The summed E-state index contributed by atoms with van der Waals surface area (Å²) < 4.78 is 0. The maximum absolute atomic E-state index is 2.40. The minimum atomic E-state index is 0.883. The van der Waals surface area contributed by atoms with Crippen molar-refractivity contribution in [1.82, 2.24) is 0 Å². The Morgan fingerprint density at radius 2 is 1.59 bits per heavy atom. The second-order valence-corrected chi connectivity index (χ2v) is 6.51. The van der Waals surface area contributed by atoms with Crippen LogP contribution >= 0.6 is 0 Å². The predicted octanol–water partition coefficient (Wildman–Crippen LogP) is 4.47. The lowest BCUT2D eigenvalue weighted by Crippen LogP contribution is -2.33. The van der Waals surface area contributed by atoms with E-state index in [4.69, 9.17) is 0 Å². The van der Waals surface area contributed by atoms with Crippen molar-refractivity contribution in [2.45, 2.75) is 46.0 Å². The lowest BCUT2D eigenvalue weighted by Gasteiger charge is -2.41. The summed E-state index contributed by atoms with van der Waals surface area (Å²) in [7, 11) is 0. The van der Waals surface area contributed by atoms with Gasteiger partial charge in [-0.25, -0.2) is 0 Å². The normalized spacial score (nSPS) is 32.1.